The molecule has 2 aromatic carbocycles. The van der Waals surface area contributed by atoms with Gasteiger partial charge in [-0.05, 0) is 66.0 Å². The highest BCUT2D eigenvalue weighted by atomic mass is 79.9. The predicted molar refractivity (Wildman–Crippen MR) is 148 cm³/mol. The molecule has 36 heavy (non-hydrogen) atoms. The van der Waals surface area contributed by atoms with E-state index in [0.717, 1.165) is 29.0 Å². The predicted octanol–water partition coefficient (Wildman–Crippen LogP) is 7.32. The third-order valence-electron chi connectivity index (χ3n) is 5.60. The van der Waals surface area contributed by atoms with Crippen molar-refractivity contribution >= 4 is 62.6 Å². The maximum Gasteiger partial charge on any atom is 0.227 e. The SMILES string of the molecule is CCCSc1nc2n(n1)C(c1cc(Br)c(OCc3ccc(Cl)cc3Cl)c(OC)c1)C(C(C)=O)=C(C)N2. The van der Waals surface area contributed by atoms with Gasteiger partial charge in [-0.2, -0.15) is 4.98 Å². The van der Waals surface area contributed by atoms with Crippen LogP contribution >= 0.6 is 50.9 Å². The molecule has 1 N–H and O–H groups in total. The first kappa shape index (κ1) is 26.9. The van der Waals surface area contributed by atoms with Crippen molar-refractivity contribution in [3.8, 4) is 11.5 Å². The Balaban J connectivity index is 1.73. The lowest BCUT2D eigenvalue weighted by molar-refractivity contribution is -0.114. The van der Waals surface area contributed by atoms with E-state index in [-0.39, 0.29) is 12.4 Å². The molecule has 1 aromatic heterocycles. The number of ether oxygens (including phenoxy) is 2. The number of nitrogens with one attached hydrogen (secondary N) is 1. The van der Waals surface area contributed by atoms with Gasteiger partial charge in [0.2, 0.25) is 11.1 Å². The highest BCUT2D eigenvalue weighted by Gasteiger charge is 2.34. The number of Topliss-reactive ketones (excluding diaryl/α,β-unsaturated/α-hetero) is 1. The van der Waals surface area contributed by atoms with Gasteiger partial charge in [0.1, 0.15) is 12.6 Å². The number of hydrogen-bond donors (Lipinski definition) is 1. The van der Waals surface area contributed by atoms with Crippen LogP contribution in [0.2, 0.25) is 10.0 Å². The van der Waals surface area contributed by atoms with Gasteiger partial charge in [0.15, 0.2) is 17.3 Å². The monoisotopic (exact) mass is 610 g/mol. The second-order valence-corrected chi connectivity index (χ2v) is 11.0. The van der Waals surface area contributed by atoms with Gasteiger partial charge in [-0.25, -0.2) is 4.68 Å². The van der Waals surface area contributed by atoms with Gasteiger partial charge >= 0.3 is 0 Å². The van der Waals surface area contributed by atoms with Crippen LogP contribution in [0.4, 0.5) is 5.95 Å². The number of fused-ring (bicyclic) bond motifs is 1. The van der Waals surface area contributed by atoms with E-state index in [2.05, 4.69) is 33.2 Å². The molecule has 11 heteroatoms. The van der Waals surface area contributed by atoms with E-state index in [9.17, 15) is 4.79 Å². The Morgan fingerprint density at radius 3 is 2.72 bits per heavy atom. The van der Waals surface area contributed by atoms with Crippen LogP contribution < -0.4 is 14.8 Å². The summed E-state index contributed by atoms with van der Waals surface area (Å²) >= 11 is 17.5. The molecular formula is C25H25BrCl2N4O3S. The normalized spacial score (nSPS) is 14.9. The Morgan fingerprint density at radius 1 is 1.28 bits per heavy atom. The van der Waals surface area contributed by atoms with Crippen molar-refractivity contribution in [3.63, 3.8) is 0 Å². The first-order valence-electron chi connectivity index (χ1n) is 11.3. The summed E-state index contributed by atoms with van der Waals surface area (Å²) in [5, 5.41) is 9.69. The fourth-order valence-corrected chi connectivity index (χ4v) is 5.70. The van der Waals surface area contributed by atoms with E-state index in [1.807, 2.05) is 25.1 Å². The van der Waals surface area contributed by atoms with E-state index in [1.165, 1.54) is 0 Å². The number of halogens is 3. The van der Waals surface area contributed by atoms with Crippen LogP contribution in [-0.2, 0) is 11.4 Å². The maximum atomic E-state index is 12.7. The minimum Gasteiger partial charge on any atom is -0.493 e. The van der Waals surface area contributed by atoms with Gasteiger partial charge in [-0.1, -0.05) is 48.0 Å². The number of anilines is 1. The molecule has 3 aromatic rings. The molecule has 0 aliphatic carbocycles. The zero-order valence-corrected chi connectivity index (χ0v) is 24.1. The Morgan fingerprint density at radius 2 is 2.06 bits per heavy atom. The van der Waals surface area contributed by atoms with Gasteiger partial charge < -0.3 is 14.8 Å². The van der Waals surface area contributed by atoms with Crippen molar-refractivity contribution in [1.29, 1.82) is 0 Å². The number of rotatable bonds is 9. The van der Waals surface area contributed by atoms with E-state index in [4.69, 9.17) is 37.8 Å². The highest BCUT2D eigenvalue weighted by Crippen LogP contribution is 2.43. The van der Waals surface area contributed by atoms with Crippen LogP contribution in [0.25, 0.3) is 0 Å². The Bertz CT molecular complexity index is 1350. The summed E-state index contributed by atoms with van der Waals surface area (Å²) in [5.74, 6) is 2.47. The Kier molecular flexibility index (Phi) is 8.55. The molecule has 0 bridgehead atoms. The fourth-order valence-electron chi connectivity index (χ4n) is 3.98. The van der Waals surface area contributed by atoms with Crippen molar-refractivity contribution in [2.24, 2.45) is 0 Å². The average Bonchev–Trinajstić information content (AvgIpc) is 3.23. The van der Waals surface area contributed by atoms with E-state index < -0.39 is 6.04 Å². The topological polar surface area (TPSA) is 78.3 Å². The maximum absolute atomic E-state index is 12.7. The summed E-state index contributed by atoms with van der Waals surface area (Å²) in [6.45, 7) is 5.76. The van der Waals surface area contributed by atoms with Crippen molar-refractivity contribution in [2.75, 3.05) is 18.2 Å². The second-order valence-electron chi connectivity index (χ2n) is 8.19. The molecule has 2 heterocycles. The number of allylic oxidation sites excluding steroid dienone is 2. The molecular weight excluding hydrogens is 587 g/mol. The molecule has 0 amide bonds. The van der Waals surface area contributed by atoms with Crippen LogP contribution in [-0.4, -0.2) is 33.4 Å². The summed E-state index contributed by atoms with van der Waals surface area (Å²) in [6.07, 6.45) is 1.01. The fraction of sp³-hybridized carbons (Fsp3) is 0.320. The minimum absolute atomic E-state index is 0.0540. The van der Waals surface area contributed by atoms with Crippen molar-refractivity contribution in [1.82, 2.24) is 14.8 Å². The summed E-state index contributed by atoms with van der Waals surface area (Å²) in [5.41, 5.74) is 2.95. The standard InChI is InChI=1S/C25H25BrCl2N4O3S/c1-5-8-36-25-30-24-29-13(2)21(14(3)33)22(32(24)31-25)16-9-18(26)23(20(10-16)34-4)35-12-15-6-7-17(27)11-19(15)28/h6-7,9-11,22H,5,8,12H2,1-4H3,(H,29,30,31). The molecule has 1 aliphatic heterocycles. The van der Waals surface area contributed by atoms with Crippen LogP contribution in [0.15, 0.2) is 51.2 Å². The first-order valence-corrected chi connectivity index (χ1v) is 13.8. The number of benzene rings is 2. The molecule has 0 spiro atoms. The van der Waals surface area contributed by atoms with E-state index in [1.54, 1.807) is 42.6 Å². The molecule has 4 rings (SSSR count). The van der Waals surface area contributed by atoms with Gasteiger partial charge in [0.05, 0.1) is 11.6 Å². The first-order chi connectivity index (χ1) is 17.2. The van der Waals surface area contributed by atoms with Gasteiger partial charge in [-0.3, -0.25) is 4.79 Å². The van der Waals surface area contributed by atoms with Gasteiger partial charge in [0, 0.05) is 32.6 Å². The van der Waals surface area contributed by atoms with Gasteiger partial charge in [0.25, 0.3) is 0 Å². The zero-order valence-electron chi connectivity index (χ0n) is 20.2. The molecule has 0 radical (unpaired) electrons. The molecule has 1 atom stereocenters. The second kappa shape index (κ2) is 11.5. The van der Waals surface area contributed by atoms with Crippen LogP contribution in [0.5, 0.6) is 11.5 Å². The van der Waals surface area contributed by atoms with Crippen LogP contribution in [0, 0.1) is 0 Å². The van der Waals surface area contributed by atoms with Crippen LogP contribution in [0.1, 0.15) is 44.4 Å². The number of ketones is 1. The number of carbonyl (C=O) groups excluding carboxylic acids is 1. The quantitative estimate of drug-likeness (QED) is 0.254. The molecule has 0 fully saturated rings. The lowest BCUT2D eigenvalue weighted by Crippen LogP contribution is -2.28. The number of hydrogen-bond acceptors (Lipinski definition) is 7. The van der Waals surface area contributed by atoms with E-state index in [0.29, 0.717) is 42.7 Å². The number of aromatic nitrogens is 3. The average molecular weight is 612 g/mol. The zero-order chi connectivity index (χ0) is 26.0. The van der Waals surface area contributed by atoms with Crippen LogP contribution in [0.3, 0.4) is 0 Å². The molecule has 0 saturated heterocycles. The van der Waals surface area contributed by atoms with Crippen molar-refractivity contribution in [3.05, 3.63) is 67.2 Å². The van der Waals surface area contributed by atoms with Crippen molar-refractivity contribution in [2.45, 2.75) is 45.0 Å². The highest BCUT2D eigenvalue weighted by molar-refractivity contribution is 9.10. The summed E-state index contributed by atoms with van der Waals surface area (Å²) < 4.78 is 14.2. The Labute approximate surface area is 232 Å². The summed E-state index contributed by atoms with van der Waals surface area (Å²) in [6, 6.07) is 8.56. The number of nitrogens with zero attached hydrogens (tertiary/aromatic N) is 3. The lowest BCUT2D eigenvalue weighted by Gasteiger charge is -2.28. The summed E-state index contributed by atoms with van der Waals surface area (Å²) in [4.78, 5) is 17.4. The number of thioether (sulfide) groups is 1. The number of methoxy groups -OCH3 is 1. The Hall–Kier alpha value is -2.20. The summed E-state index contributed by atoms with van der Waals surface area (Å²) in [7, 11) is 1.57. The molecule has 0 saturated carbocycles. The smallest absolute Gasteiger partial charge is 0.227 e. The molecule has 7 nitrogen and oxygen atoms in total. The van der Waals surface area contributed by atoms with E-state index >= 15 is 0 Å². The minimum atomic E-state index is -0.479. The largest absolute Gasteiger partial charge is 0.493 e. The third-order valence-corrected chi connectivity index (χ3v) is 7.82. The lowest BCUT2D eigenvalue weighted by atomic mass is 9.93. The molecule has 190 valence electrons. The van der Waals surface area contributed by atoms with Gasteiger partial charge in [-0.15, -0.1) is 5.10 Å². The van der Waals surface area contributed by atoms with Crippen molar-refractivity contribution < 1.29 is 14.3 Å². The molecule has 1 aliphatic rings. The third kappa shape index (κ3) is 5.54. The number of carbonyl (C=O) groups is 1. The molecule has 1 unspecified atom stereocenters.